The lowest BCUT2D eigenvalue weighted by Crippen LogP contribution is -2.42. The van der Waals surface area contributed by atoms with E-state index in [9.17, 15) is 5.11 Å². The highest BCUT2D eigenvalue weighted by molar-refractivity contribution is 5.17. The molecule has 3 rings (SSSR count). The summed E-state index contributed by atoms with van der Waals surface area (Å²) in [5, 5.41) is 10.3. The number of aliphatic hydroxyl groups excluding tert-OH is 1. The Morgan fingerprint density at radius 2 is 1.88 bits per heavy atom. The van der Waals surface area contributed by atoms with Crippen molar-refractivity contribution in [2.75, 3.05) is 20.3 Å². The minimum Gasteiger partial charge on any atom is -0.389 e. The van der Waals surface area contributed by atoms with Crippen LogP contribution >= 0.6 is 0 Å². The van der Waals surface area contributed by atoms with Gasteiger partial charge in [-0.1, -0.05) is 49.6 Å². The van der Waals surface area contributed by atoms with Gasteiger partial charge in [-0.15, -0.1) is 0 Å². The molecule has 1 aromatic carbocycles. The molecule has 4 heteroatoms. The lowest BCUT2D eigenvalue weighted by Gasteiger charge is -2.35. The molecule has 0 radical (unpaired) electrons. The summed E-state index contributed by atoms with van der Waals surface area (Å²) in [6, 6.07) is 15.5. The highest BCUT2D eigenvalue weighted by Crippen LogP contribution is 2.24. The Balaban J connectivity index is 1.70. The highest BCUT2D eigenvalue weighted by atomic mass is 16.5. The van der Waals surface area contributed by atoms with Gasteiger partial charge in [0.15, 0.2) is 0 Å². The summed E-state index contributed by atoms with van der Waals surface area (Å²) in [5.74, 6) is 0. The number of benzene rings is 1. The quantitative estimate of drug-likeness (QED) is 0.745. The zero-order chi connectivity index (χ0) is 18.2. The number of hydrogen-bond donors (Lipinski definition) is 1. The monoisotopic (exact) mass is 356 g/mol. The van der Waals surface area contributed by atoms with Crippen LogP contribution in [0.25, 0.3) is 0 Å². The van der Waals surface area contributed by atoms with Crippen molar-refractivity contribution in [2.24, 2.45) is 0 Å². The molecule has 1 heterocycles. The number of rotatable bonds is 9. The smallest absolute Gasteiger partial charge is 0.0900 e. The van der Waals surface area contributed by atoms with E-state index in [4.69, 9.17) is 4.74 Å². The average molecular weight is 357 g/mol. The first-order chi connectivity index (χ1) is 12.8. The number of nitrogens with zero attached hydrogens (tertiary/aromatic N) is 2. The molecular weight excluding hydrogens is 324 g/mol. The second-order valence-corrected chi connectivity index (χ2v) is 7.44. The summed E-state index contributed by atoms with van der Waals surface area (Å²) in [4.78, 5) is 2.47. The third-order valence-corrected chi connectivity index (χ3v) is 5.38. The predicted octanol–water partition coefficient (Wildman–Crippen LogP) is 3.68. The Morgan fingerprint density at radius 3 is 2.62 bits per heavy atom. The van der Waals surface area contributed by atoms with Crippen LogP contribution in [0.15, 0.2) is 48.7 Å². The molecule has 26 heavy (non-hydrogen) atoms. The SMILES string of the molecule is COC[C@H](O)CN(Cc1cccn1Cc1ccccc1)C1CCCCC1. The van der Waals surface area contributed by atoms with Crippen LogP contribution < -0.4 is 0 Å². The second-order valence-electron chi connectivity index (χ2n) is 7.44. The first-order valence-electron chi connectivity index (χ1n) is 9.85. The van der Waals surface area contributed by atoms with E-state index in [1.807, 2.05) is 0 Å². The van der Waals surface area contributed by atoms with Crippen LogP contribution in [0, 0.1) is 0 Å². The van der Waals surface area contributed by atoms with Crippen molar-refractivity contribution >= 4 is 0 Å². The molecule has 1 atom stereocenters. The van der Waals surface area contributed by atoms with Crippen molar-refractivity contribution in [1.29, 1.82) is 0 Å². The molecule has 0 aliphatic heterocycles. The fourth-order valence-corrected chi connectivity index (χ4v) is 4.04. The standard InChI is InChI=1S/C22H32N2O2/c1-26-18-22(25)17-24(20-11-6-3-7-12-20)16-21-13-8-14-23(21)15-19-9-4-2-5-10-19/h2,4-5,8-10,13-14,20,22,25H,3,6-7,11-12,15-18H2,1H3/t22-/m1/s1. The molecule has 142 valence electrons. The van der Waals surface area contributed by atoms with Gasteiger partial charge in [-0.2, -0.15) is 0 Å². The lowest BCUT2D eigenvalue weighted by atomic mass is 9.94. The summed E-state index contributed by atoms with van der Waals surface area (Å²) in [6.45, 7) is 2.84. The van der Waals surface area contributed by atoms with Crippen molar-refractivity contribution in [2.45, 2.75) is 57.3 Å². The van der Waals surface area contributed by atoms with Crippen LogP contribution in [0.5, 0.6) is 0 Å². The second kappa shape index (κ2) is 9.91. The van der Waals surface area contributed by atoms with Crippen LogP contribution in [0.3, 0.4) is 0 Å². The van der Waals surface area contributed by atoms with Gasteiger partial charge in [0.05, 0.1) is 12.7 Å². The van der Waals surface area contributed by atoms with E-state index >= 15 is 0 Å². The van der Waals surface area contributed by atoms with E-state index in [1.165, 1.54) is 43.4 Å². The van der Waals surface area contributed by atoms with Crippen LogP contribution in [0.1, 0.15) is 43.4 Å². The van der Waals surface area contributed by atoms with Gasteiger partial charge in [0.25, 0.3) is 0 Å². The normalized spacial score (nSPS) is 16.9. The van der Waals surface area contributed by atoms with E-state index in [0.29, 0.717) is 19.2 Å². The van der Waals surface area contributed by atoms with Gasteiger partial charge in [-0.3, -0.25) is 4.90 Å². The van der Waals surface area contributed by atoms with Crippen LogP contribution in [0.2, 0.25) is 0 Å². The van der Waals surface area contributed by atoms with Crippen molar-refractivity contribution < 1.29 is 9.84 Å². The number of aromatic nitrogens is 1. The Hall–Kier alpha value is -1.62. The molecule has 1 aliphatic carbocycles. The number of ether oxygens (including phenoxy) is 1. The molecule has 1 N–H and O–H groups in total. The highest BCUT2D eigenvalue weighted by Gasteiger charge is 2.24. The first kappa shape index (κ1) is 19.2. The Kier molecular flexibility index (Phi) is 7.30. The van der Waals surface area contributed by atoms with E-state index in [0.717, 1.165) is 13.1 Å². The number of hydrogen-bond acceptors (Lipinski definition) is 3. The van der Waals surface area contributed by atoms with Crippen molar-refractivity contribution in [3.8, 4) is 0 Å². The molecule has 1 saturated carbocycles. The fourth-order valence-electron chi connectivity index (χ4n) is 4.04. The summed E-state index contributed by atoms with van der Waals surface area (Å²) >= 11 is 0. The number of aliphatic hydroxyl groups is 1. The van der Waals surface area contributed by atoms with Gasteiger partial charge in [-0.05, 0) is 30.5 Å². The van der Waals surface area contributed by atoms with Gasteiger partial charge in [0, 0.05) is 44.7 Å². The van der Waals surface area contributed by atoms with Gasteiger partial charge in [0.1, 0.15) is 0 Å². The maximum Gasteiger partial charge on any atom is 0.0900 e. The molecule has 1 aliphatic rings. The topological polar surface area (TPSA) is 37.6 Å². The van der Waals surface area contributed by atoms with Gasteiger partial charge in [0.2, 0.25) is 0 Å². The van der Waals surface area contributed by atoms with E-state index < -0.39 is 6.10 Å². The van der Waals surface area contributed by atoms with Crippen LogP contribution in [0.4, 0.5) is 0 Å². The Labute approximate surface area is 157 Å². The van der Waals surface area contributed by atoms with E-state index in [-0.39, 0.29) is 0 Å². The van der Waals surface area contributed by atoms with Crippen molar-refractivity contribution in [3.63, 3.8) is 0 Å². The molecule has 0 unspecified atom stereocenters. The molecule has 0 amide bonds. The summed E-state index contributed by atoms with van der Waals surface area (Å²) in [5.41, 5.74) is 2.62. The fraction of sp³-hybridized carbons (Fsp3) is 0.545. The van der Waals surface area contributed by atoms with Crippen LogP contribution in [-0.4, -0.2) is 47.0 Å². The first-order valence-corrected chi connectivity index (χ1v) is 9.85. The van der Waals surface area contributed by atoms with Gasteiger partial charge in [-0.25, -0.2) is 0 Å². The largest absolute Gasteiger partial charge is 0.389 e. The van der Waals surface area contributed by atoms with Crippen molar-refractivity contribution in [3.05, 3.63) is 59.9 Å². The van der Waals surface area contributed by atoms with E-state index in [1.54, 1.807) is 7.11 Å². The zero-order valence-corrected chi connectivity index (χ0v) is 15.9. The third-order valence-electron chi connectivity index (χ3n) is 5.38. The lowest BCUT2D eigenvalue weighted by molar-refractivity contribution is 0.0174. The average Bonchev–Trinajstić information content (AvgIpc) is 3.10. The molecule has 1 aromatic heterocycles. The van der Waals surface area contributed by atoms with Crippen LogP contribution in [-0.2, 0) is 17.8 Å². The minimum absolute atomic E-state index is 0.397. The maximum absolute atomic E-state index is 10.3. The van der Waals surface area contributed by atoms with Gasteiger partial charge >= 0.3 is 0 Å². The predicted molar refractivity (Wildman–Crippen MR) is 105 cm³/mol. The summed E-state index contributed by atoms with van der Waals surface area (Å²) in [6.07, 6.45) is 8.14. The molecule has 0 spiro atoms. The summed E-state index contributed by atoms with van der Waals surface area (Å²) < 4.78 is 7.48. The molecule has 4 nitrogen and oxygen atoms in total. The van der Waals surface area contributed by atoms with Crippen molar-refractivity contribution in [1.82, 2.24) is 9.47 Å². The van der Waals surface area contributed by atoms with Gasteiger partial charge < -0.3 is 14.4 Å². The minimum atomic E-state index is -0.431. The molecule has 1 fully saturated rings. The molecule has 0 saturated heterocycles. The Bertz CT molecular complexity index is 635. The Morgan fingerprint density at radius 1 is 1.12 bits per heavy atom. The zero-order valence-electron chi connectivity index (χ0n) is 15.9. The summed E-state index contributed by atoms with van der Waals surface area (Å²) in [7, 11) is 1.65. The molecular formula is C22H32N2O2. The molecule has 0 bridgehead atoms. The number of methoxy groups -OCH3 is 1. The third kappa shape index (κ3) is 5.44. The van der Waals surface area contributed by atoms with E-state index in [2.05, 4.69) is 58.1 Å². The molecule has 2 aromatic rings. The maximum atomic E-state index is 10.3.